The SMILES string of the molecule is CC1(CO)CCN(C(=O)CCCCCON2C(=O)C3C4C=CC(O4)C3C2=O)CC1. The van der Waals surface area contributed by atoms with E-state index in [-0.39, 0.29) is 48.6 Å². The molecule has 8 heteroatoms. The summed E-state index contributed by atoms with van der Waals surface area (Å²) in [7, 11) is 0. The van der Waals surface area contributed by atoms with Crippen molar-refractivity contribution in [3.05, 3.63) is 12.2 Å². The lowest BCUT2D eigenvalue weighted by Crippen LogP contribution is -2.43. The number of aliphatic hydroxyl groups is 1. The number of fused-ring (bicyclic) bond motifs is 5. The van der Waals surface area contributed by atoms with Crippen molar-refractivity contribution in [1.82, 2.24) is 9.96 Å². The second-order valence-electron chi connectivity index (χ2n) is 8.97. The van der Waals surface area contributed by atoms with E-state index in [1.807, 2.05) is 17.1 Å². The predicted octanol–water partition coefficient (Wildman–Crippen LogP) is 1.04. The number of nitrogens with zero attached hydrogens (tertiary/aromatic N) is 2. The minimum Gasteiger partial charge on any atom is -0.396 e. The van der Waals surface area contributed by atoms with Crippen LogP contribution in [0.5, 0.6) is 0 Å². The number of unbranched alkanes of at least 4 members (excludes halogenated alkanes) is 2. The van der Waals surface area contributed by atoms with E-state index in [1.54, 1.807) is 0 Å². The van der Waals surface area contributed by atoms with Crippen LogP contribution in [0.1, 0.15) is 45.4 Å². The largest absolute Gasteiger partial charge is 0.396 e. The first-order valence-corrected chi connectivity index (χ1v) is 10.7. The Morgan fingerprint density at radius 3 is 2.34 bits per heavy atom. The third-order valence-corrected chi connectivity index (χ3v) is 6.83. The monoisotopic (exact) mass is 406 g/mol. The van der Waals surface area contributed by atoms with E-state index < -0.39 is 11.8 Å². The first kappa shape index (κ1) is 20.5. The van der Waals surface area contributed by atoms with Crippen LogP contribution < -0.4 is 0 Å². The maximum Gasteiger partial charge on any atom is 0.260 e. The molecule has 4 unspecified atom stereocenters. The summed E-state index contributed by atoms with van der Waals surface area (Å²) in [5.41, 5.74) is -0.0568. The Hall–Kier alpha value is -1.77. The van der Waals surface area contributed by atoms with E-state index in [9.17, 15) is 19.5 Å². The molecule has 1 N–H and O–H groups in total. The molecule has 3 saturated heterocycles. The number of aliphatic hydroxyl groups excluding tert-OH is 1. The highest BCUT2D eigenvalue weighted by molar-refractivity contribution is 6.05. The number of hydroxylamine groups is 2. The number of carbonyl (C=O) groups is 3. The third kappa shape index (κ3) is 3.85. The van der Waals surface area contributed by atoms with E-state index in [0.29, 0.717) is 25.9 Å². The average molecular weight is 406 g/mol. The maximum atomic E-state index is 12.4. The Bertz CT molecular complexity index is 669. The van der Waals surface area contributed by atoms with Crippen LogP contribution in [-0.2, 0) is 24.0 Å². The lowest BCUT2D eigenvalue weighted by molar-refractivity contribution is -0.192. The molecule has 160 valence electrons. The van der Waals surface area contributed by atoms with E-state index in [2.05, 4.69) is 6.92 Å². The molecule has 0 aromatic rings. The Morgan fingerprint density at radius 1 is 1.14 bits per heavy atom. The van der Waals surface area contributed by atoms with Gasteiger partial charge in [0.25, 0.3) is 11.8 Å². The molecule has 4 heterocycles. The zero-order valence-electron chi connectivity index (χ0n) is 16.9. The number of hydrogen-bond acceptors (Lipinski definition) is 6. The molecule has 0 aromatic heterocycles. The summed E-state index contributed by atoms with van der Waals surface area (Å²) in [4.78, 5) is 44.6. The summed E-state index contributed by atoms with van der Waals surface area (Å²) in [6.07, 6.45) is 7.51. The van der Waals surface area contributed by atoms with Gasteiger partial charge in [-0.05, 0) is 31.1 Å². The number of ether oxygens (including phenoxy) is 1. The Balaban J connectivity index is 1.11. The highest BCUT2D eigenvalue weighted by Gasteiger charge is 2.61. The van der Waals surface area contributed by atoms with Crippen molar-refractivity contribution >= 4 is 17.7 Å². The minimum atomic E-state index is -0.438. The van der Waals surface area contributed by atoms with Crippen molar-refractivity contribution in [3.63, 3.8) is 0 Å². The minimum absolute atomic E-state index is 0.0568. The highest BCUT2D eigenvalue weighted by Crippen LogP contribution is 2.45. The molecule has 3 amide bonds. The van der Waals surface area contributed by atoms with E-state index in [1.165, 1.54) is 0 Å². The molecule has 0 aromatic carbocycles. The number of hydrogen-bond donors (Lipinski definition) is 1. The maximum absolute atomic E-state index is 12.4. The Morgan fingerprint density at radius 2 is 1.76 bits per heavy atom. The average Bonchev–Trinajstić information content (AvgIpc) is 3.40. The number of piperidine rings is 1. The van der Waals surface area contributed by atoms with Gasteiger partial charge in [-0.15, -0.1) is 0 Å². The molecule has 4 aliphatic heterocycles. The lowest BCUT2D eigenvalue weighted by atomic mass is 9.81. The summed E-state index contributed by atoms with van der Waals surface area (Å²) in [5.74, 6) is -1.31. The van der Waals surface area contributed by atoms with Crippen LogP contribution >= 0.6 is 0 Å². The molecule has 29 heavy (non-hydrogen) atoms. The second kappa shape index (κ2) is 8.16. The van der Waals surface area contributed by atoms with Crippen LogP contribution in [0.25, 0.3) is 0 Å². The van der Waals surface area contributed by atoms with E-state index in [4.69, 9.17) is 9.57 Å². The van der Waals surface area contributed by atoms with Crippen LogP contribution in [-0.4, -0.2) is 71.3 Å². The van der Waals surface area contributed by atoms with Crippen molar-refractivity contribution in [3.8, 4) is 0 Å². The summed E-state index contributed by atoms with van der Waals surface area (Å²) in [6.45, 7) is 3.94. The van der Waals surface area contributed by atoms with E-state index in [0.717, 1.165) is 30.7 Å². The van der Waals surface area contributed by atoms with Gasteiger partial charge in [-0.2, -0.15) is 5.06 Å². The van der Waals surface area contributed by atoms with Crippen molar-refractivity contribution in [2.24, 2.45) is 17.3 Å². The third-order valence-electron chi connectivity index (χ3n) is 6.83. The summed E-state index contributed by atoms with van der Waals surface area (Å²) >= 11 is 0. The molecular weight excluding hydrogens is 376 g/mol. The topological polar surface area (TPSA) is 96.4 Å². The molecule has 0 aliphatic carbocycles. The zero-order chi connectivity index (χ0) is 20.6. The van der Waals surface area contributed by atoms with Crippen LogP contribution in [0.4, 0.5) is 0 Å². The molecule has 8 nitrogen and oxygen atoms in total. The first-order valence-electron chi connectivity index (χ1n) is 10.7. The molecule has 0 spiro atoms. The van der Waals surface area contributed by atoms with Gasteiger partial charge in [-0.3, -0.25) is 19.2 Å². The van der Waals surface area contributed by atoms with Gasteiger partial charge < -0.3 is 14.7 Å². The summed E-state index contributed by atoms with van der Waals surface area (Å²) in [5, 5.41) is 10.3. The van der Waals surface area contributed by atoms with Gasteiger partial charge in [0.1, 0.15) is 0 Å². The summed E-state index contributed by atoms with van der Waals surface area (Å²) in [6, 6.07) is 0. The molecule has 0 saturated carbocycles. The highest BCUT2D eigenvalue weighted by atomic mass is 16.7. The number of likely N-dealkylation sites (tertiary alicyclic amines) is 1. The molecule has 0 radical (unpaired) electrons. The van der Waals surface area contributed by atoms with Crippen molar-refractivity contribution in [2.75, 3.05) is 26.3 Å². The summed E-state index contributed by atoms with van der Waals surface area (Å²) < 4.78 is 5.59. The van der Waals surface area contributed by atoms with Gasteiger partial charge in [0.05, 0.1) is 30.7 Å². The van der Waals surface area contributed by atoms with E-state index >= 15 is 0 Å². The fourth-order valence-corrected chi connectivity index (χ4v) is 4.73. The van der Waals surface area contributed by atoms with Gasteiger partial charge in [-0.1, -0.05) is 25.5 Å². The van der Waals surface area contributed by atoms with Gasteiger partial charge in [0.2, 0.25) is 5.91 Å². The fraction of sp³-hybridized carbons (Fsp3) is 0.762. The van der Waals surface area contributed by atoms with Gasteiger partial charge >= 0.3 is 0 Å². The second-order valence-corrected chi connectivity index (χ2v) is 8.97. The van der Waals surface area contributed by atoms with Gasteiger partial charge in [0, 0.05) is 26.1 Å². The smallest absolute Gasteiger partial charge is 0.260 e. The number of carbonyl (C=O) groups excluding carboxylic acids is 3. The van der Waals surface area contributed by atoms with Crippen molar-refractivity contribution in [2.45, 2.75) is 57.7 Å². The molecule has 3 fully saturated rings. The van der Waals surface area contributed by atoms with Crippen LogP contribution in [0, 0.1) is 17.3 Å². The standard InChI is InChI=1S/C21H30N2O6/c1-21(13-24)8-10-22(11-9-21)16(25)5-3-2-4-12-28-23-19(26)17-14-6-7-15(29-14)18(17)20(23)27/h6-7,14-15,17-18,24H,2-5,8-13H2,1H3. The van der Waals surface area contributed by atoms with Crippen LogP contribution in [0.2, 0.25) is 0 Å². The normalized spacial score (nSPS) is 32.3. The van der Waals surface area contributed by atoms with Crippen LogP contribution in [0.3, 0.4) is 0 Å². The van der Waals surface area contributed by atoms with Crippen molar-refractivity contribution < 1.29 is 29.1 Å². The number of amides is 3. The zero-order valence-corrected chi connectivity index (χ0v) is 16.9. The quantitative estimate of drug-likeness (QED) is 0.368. The fourth-order valence-electron chi connectivity index (χ4n) is 4.73. The van der Waals surface area contributed by atoms with Gasteiger partial charge in [0.15, 0.2) is 0 Å². The first-order chi connectivity index (χ1) is 13.9. The van der Waals surface area contributed by atoms with Crippen LogP contribution in [0.15, 0.2) is 12.2 Å². The molecule has 4 atom stereocenters. The number of imide groups is 1. The predicted molar refractivity (Wildman–Crippen MR) is 102 cm³/mol. The molecule has 4 rings (SSSR count). The molecule has 2 bridgehead atoms. The molecular formula is C21H30N2O6. The van der Waals surface area contributed by atoms with Crippen molar-refractivity contribution in [1.29, 1.82) is 0 Å². The Kier molecular flexibility index (Phi) is 5.77. The van der Waals surface area contributed by atoms with Gasteiger partial charge in [-0.25, -0.2) is 0 Å². The molecule has 4 aliphatic rings. The Labute approximate surface area is 170 Å². The lowest BCUT2D eigenvalue weighted by Gasteiger charge is -2.38. The number of rotatable bonds is 8.